The average Bonchev–Trinajstić information content (AvgIpc) is 3.11. The summed E-state index contributed by atoms with van der Waals surface area (Å²) in [6.45, 7) is -0.686. The van der Waals surface area contributed by atoms with Gasteiger partial charge in [-0.1, -0.05) is 60.7 Å². The molecule has 0 atom stereocenters. The van der Waals surface area contributed by atoms with Gasteiger partial charge in [0.1, 0.15) is 12.0 Å². The molecule has 1 aliphatic rings. The first-order valence-corrected chi connectivity index (χ1v) is 10.7. The fraction of sp³-hybridized carbons (Fsp3) is 0.240. The number of carbonyl (C=O) groups excluding carboxylic acids is 1. The lowest BCUT2D eigenvalue weighted by Crippen LogP contribution is -2.48. The smallest absolute Gasteiger partial charge is 0.346 e. The van der Waals surface area contributed by atoms with Crippen LogP contribution in [-0.4, -0.2) is 30.1 Å². The molecule has 9 heteroatoms. The zero-order valence-electron chi connectivity index (χ0n) is 18.1. The van der Waals surface area contributed by atoms with Crippen LogP contribution in [0.3, 0.4) is 0 Å². The third kappa shape index (κ3) is 4.51. The van der Waals surface area contributed by atoms with Gasteiger partial charge in [0.25, 0.3) is 5.69 Å². The van der Waals surface area contributed by atoms with Crippen LogP contribution in [0.4, 0.5) is 18.9 Å². The van der Waals surface area contributed by atoms with E-state index in [9.17, 15) is 28.1 Å². The topological polar surface area (TPSA) is 84.3 Å². The molecule has 0 spiro atoms. The molecule has 0 saturated carbocycles. The second-order valence-electron chi connectivity index (χ2n) is 8.14. The molecule has 3 aromatic rings. The average molecular weight is 469 g/mol. The van der Waals surface area contributed by atoms with E-state index in [0.717, 1.165) is 16.7 Å². The Morgan fingerprint density at radius 3 is 2.00 bits per heavy atom. The number of amides is 1. The first kappa shape index (κ1) is 23.4. The number of nitro benzene ring substituents is 1. The number of alkyl halides is 3. The van der Waals surface area contributed by atoms with Gasteiger partial charge in [0.15, 0.2) is 0 Å². The standard InChI is InChI=1S/C25H22F3N3O3/c26-25(27,28)16-30-23(32)24(13-14-29-15-17-9-11-18(12-10-17)31(33)34)21-7-3-1-5-19(21)20-6-2-4-8-22(20)24/h1-12,29H,13-16H2,(H,30,32). The van der Waals surface area contributed by atoms with E-state index in [1.807, 2.05) is 24.3 Å². The fourth-order valence-corrected chi connectivity index (χ4v) is 4.53. The van der Waals surface area contributed by atoms with Gasteiger partial charge in [-0.2, -0.15) is 13.2 Å². The molecular formula is C25H22F3N3O3. The molecule has 34 heavy (non-hydrogen) atoms. The van der Waals surface area contributed by atoms with E-state index in [-0.39, 0.29) is 12.1 Å². The van der Waals surface area contributed by atoms with Gasteiger partial charge in [0, 0.05) is 18.7 Å². The molecule has 0 saturated heterocycles. The Kier molecular flexibility index (Phi) is 6.39. The predicted molar refractivity (Wildman–Crippen MR) is 121 cm³/mol. The second-order valence-corrected chi connectivity index (χ2v) is 8.14. The highest BCUT2D eigenvalue weighted by Gasteiger charge is 2.49. The molecule has 0 bridgehead atoms. The number of non-ortho nitro benzene ring substituents is 1. The zero-order chi connectivity index (χ0) is 24.3. The Balaban J connectivity index is 1.59. The van der Waals surface area contributed by atoms with Crippen LogP contribution in [0.1, 0.15) is 23.1 Å². The normalized spacial score (nSPS) is 13.7. The number of nitrogens with one attached hydrogen (secondary N) is 2. The highest BCUT2D eigenvalue weighted by Crippen LogP contribution is 2.50. The number of hydrogen-bond donors (Lipinski definition) is 2. The highest BCUT2D eigenvalue weighted by atomic mass is 19.4. The second kappa shape index (κ2) is 9.26. The molecule has 0 aromatic heterocycles. The first-order chi connectivity index (χ1) is 16.2. The summed E-state index contributed by atoms with van der Waals surface area (Å²) in [5.74, 6) is -0.695. The molecule has 3 aromatic carbocycles. The molecule has 6 nitrogen and oxygen atoms in total. The number of benzene rings is 3. The molecule has 0 fully saturated rings. The van der Waals surface area contributed by atoms with Crippen LogP contribution in [0.5, 0.6) is 0 Å². The Hall–Kier alpha value is -3.72. The van der Waals surface area contributed by atoms with Crippen LogP contribution >= 0.6 is 0 Å². The summed E-state index contributed by atoms with van der Waals surface area (Å²) in [5, 5.41) is 16.1. The van der Waals surface area contributed by atoms with Crippen molar-refractivity contribution in [1.82, 2.24) is 10.6 Å². The quantitative estimate of drug-likeness (QED) is 0.284. The fourth-order valence-electron chi connectivity index (χ4n) is 4.53. The van der Waals surface area contributed by atoms with Gasteiger partial charge in [0.2, 0.25) is 5.91 Å². The van der Waals surface area contributed by atoms with Crippen molar-refractivity contribution in [3.05, 3.63) is 99.6 Å². The van der Waals surface area contributed by atoms with E-state index in [2.05, 4.69) is 10.6 Å². The number of halogens is 3. The molecule has 176 valence electrons. The van der Waals surface area contributed by atoms with Gasteiger partial charge >= 0.3 is 6.18 Å². The number of nitro groups is 1. The molecule has 0 aliphatic heterocycles. The molecule has 0 radical (unpaired) electrons. The van der Waals surface area contributed by atoms with E-state index >= 15 is 0 Å². The third-order valence-electron chi connectivity index (χ3n) is 6.05. The van der Waals surface area contributed by atoms with Crippen molar-refractivity contribution < 1.29 is 22.9 Å². The Morgan fingerprint density at radius 2 is 1.47 bits per heavy atom. The van der Waals surface area contributed by atoms with E-state index in [0.29, 0.717) is 24.2 Å². The monoisotopic (exact) mass is 469 g/mol. The predicted octanol–water partition coefficient (Wildman–Crippen LogP) is 4.72. The van der Waals surface area contributed by atoms with Gasteiger partial charge in [-0.3, -0.25) is 14.9 Å². The van der Waals surface area contributed by atoms with Crippen molar-refractivity contribution in [3.8, 4) is 11.1 Å². The van der Waals surface area contributed by atoms with Gasteiger partial charge in [-0.25, -0.2) is 0 Å². The summed E-state index contributed by atoms with van der Waals surface area (Å²) >= 11 is 0. The zero-order valence-corrected chi connectivity index (χ0v) is 18.1. The van der Waals surface area contributed by atoms with Crippen LogP contribution in [-0.2, 0) is 16.8 Å². The van der Waals surface area contributed by atoms with Crippen LogP contribution < -0.4 is 10.6 Å². The van der Waals surface area contributed by atoms with E-state index in [1.165, 1.54) is 12.1 Å². The van der Waals surface area contributed by atoms with Crippen LogP contribution in [0.2, 0.25) is 0 Å². The van der Waals surface area contributed by atoms with Crippen molar-refractivity contribution in [3.63, 3.8) is 0 Å². The summed E-state index contributed by atoms with van der Waals surface area (Å²) in [6.07, 6.45) is -4.29. The lowest BCUT2D eigenvalue weighted by Gasteiger charge is -2.31. The molecular weight excluding hydrogens is 447 g/mol. The molecule has 0 unspecified atom stereocenters. The van der Waals surface area contributed by atoms with Gasteiger partial charge in [0.05, 0.1) is 4.92 Å². The number of carbonyl (C=O) groups is 1. The minimum atomic E-state index is -4.53. The maximum absolute atomic E-state index is 13.4. The van der Waals surface area contributed by atoms with Crippen molar-refractivity contribution in [2.24, 2.45) is 0 Å². The maximum Gasteiger partial charge on any atom is 0.405 e. The Morgan fingerprint density at radius 1 is 0.912 bits per heavy atom. The number of nitrogens with zero attached hydrogens (tertiary/aromatic N) is 1. The third-order valence-corrected chi connectivity index (χ3v) is 6.05. The van der Waals surface area contributed by atoms with Crippen LogP contribution in [0.15, 0.2) is 72.8 Å². The van der Waals surface area contributed by atoms with Crippen molar-refractivity contribution in [2.45, 2.75) is 24.6 Å². The van der Waals surface area contributed by atoms with Gasteiger partial charge in [-0.05, 0) is 40.8 Å². The highest BCUT2D eigenvalue weighted by molar-refractivity contribution is 6.00. The minimum Gasteiger partial charge on any atom is -0.346 e. The molecule has 0 heterocycles. The van der Waals surface area contributed by atoms with Crippen LogP contribution in [0, 0.1) is 10.1 Å². The van der Waals surface area contributed by atoms with Crippen molar-refractivity contribution >= 4 is 11.6 Å². The number of hydrogen-bond acceptors (Lipinski definition) is 4. The maximum atomic E-state index is 13.4. The summed E-state index contributed by atoms with van der Waals surface area (Å²) < 4.78 is 38.8. The lowest BCUT2D eigenvalue weighted by molar-refractivity contribution is -0.384. The Labute approximate surface area is 194 Å². The number of fused-ring (bicyclic) bond motifs is 3. The van der Waals surface area contributed by atoms with Crippen molar-refractivity contribution in [2.75, 3.05) is 13.1 Å². The van der Waals surface area contributed by atoms with Gasteiger partial charge in [-0.15, -0.1) is 0 Å². The number of rotatable bonds is 8. The van der Waals surface area contributed by atoms with E-state index in [1.54, 1.807) is 36.4 Å². The van der Waals surface area contributed by atoms with Gasteiger partial charge < -0.3 is 10.6 Å². The summed E-state index contributed by atoms with van der Waals surface area (Å²) in [6, 6.07) is 20.7. The molecule has 4 rings (SSSR count). The summed E-state index contributed by atoms with van der Waals surface area (Å²) in [4.78, 5) is 23.7. The molecule has 1 amide bonds. The summed E-state index contributed by atoms with van der Waals surface area (Å²) in [5.41, 5.74) is 2.53. The molecule has 2 N–H and O–H groups in total. The minimum absolute atomic E-state index is 0.0109. The van der Waals surface area contributed by atoms with E-state index < -0.39 is 29.0 Å². The summed E-state index contributed by atoms with van der Waals surface area (Å²) in [7, 11) is 0. The first-order valence-electron chi connectivity index (χ1n) is 10.7. The van der Waals surface area contributed by atoms with Crippen LogP contribution in [0.25, 0.3) is 11.1 Å². The SMILES string of the molecule is O=C(NCC(F)(F)F)C1(CCNCc2ccc([N+](=O)[O-])cc2)c2ccccc2-c2ccccc21. The van der Waals surface area contributed by atoms with Crippen molar-refractivity contribution in [1.29, 1.82) is 0 Å². The molecule has 1 aliphatic carbocycles. The Bertz CT molecular complexity index is 1160. The largest absolute Gasteiger partial charge is 0.405 e. The lowest BCUT2D eigenvalue weighted by atomic mass is 9.74. The van der Waals surface area contributed by atoms with E-state index in [4.69, 9.17) is 0 Å².